The van der Waals surface area contributed by atoms with Crippen molar-refractivity contribution in [2.75, 3.05) is 10.6 Å². The van der Waals surface area contributed by atoms with Crippen molar-refractivity contribution < 1.29 is 9.59 Å². The van der Waals surface area contributed by atoms with Gasteiger partial charge in [-0.1, -0.05) is 24.4 Å². The van der Waals surface area contributed by atoms with Gasteiger partial charge in [-0.25, -0.2) is 9.69 Å². The minimum absolute atomic E-state index is 0.207. The van der Waals surface area contributed by atoms with Crippen LogP contribution >= 0.6 is 11.6 Å². The molecule has 0 atom stereocenters. The molecular weight excluding hydrogens is 266 g/mol. The molecule has 2 aliphatic rings. The van der Waals surface area contributed by atoms with Crippen molar-refractivity contribution in [3.8, 4) is 0 Å². The lowest BCUT2D eigenvalue weighted by molar-refractivity contribution is -0.121. The van der Waals surface area contributed by atoms with Crippen molar-refractivity contribution >= 4 is 34.9 Å². The van der Waals surface area contributed by atoms with E-state index in [1.807, 2.05) is 0 Å². The van der Waals surface area contributed by atoms with E-state index in [1.165, 1.54) is 6.07 Å². The largest absolute Gasteiger partial charge is 0.399 e. The summed E-state index contributed by atoms with van der Waals surface area (Å²) in [6.07, 6.45) is 3.30. The molecule has 2 fully saturated rings. The highest BCUT2D eigenvalue weighted by Crippen LogP contribution is 2.39. The monoisotopic (exact) mass is 279 g/mol. The summed E-state index contributed by atoms with van der Waals surface area (Å²) in [4.78, 5) is 25.7. The molecule has 1 aliphatic heterocycles. The molecule has 1 aliphatic carbocycles. The van der Waals surface area contributed by atoms with E-state index in [1.54, 1.807) is 12.1 Å². The summed E-state index contributed by atoms with van der Waals surface area (Å²) < 4.78 is 0. The molecular formula is C13H14ClN3O2. The van der Waals surface area contributed by atoms with Crippen LogP contribution in [-0.2, 0) is 4.79 Å². The van der Waals surface area contributed by atoms with Crippen LogP contribution in [0.2, 0.25) is 5.02 Å². The lowest BCUT2D eigenvalue weighted by Gasteiger charge is -2.20. The number of imide groups is 1. The summed E-state index contributed by atoms with van der Waals surface area (Å²) in [5.41, 5.74) is 5.79. The van der Waals surface area contributed by atoms with Gasteiger partial charge in [0, 0.05) is 5.69 Å². The zero-order valence-corrected chi connectivity index (χ0v) is 11.0. The Labute approximate surface area is 115 Å². The van der Waals surface area contributed by atoms with E-state index < -0.39 is 11.6 Å². The van der Waals surface area contributed by atoms with Crippen LogP contribution < -0.4 is 16.0 Å². The lowest BCUT2D eigenvalue weighted by atomic mass is 9.98. The molecule has 0 unspecified atom stereocenters. The van der Waals surface area contributed by atoms with Crippen LogP contribution in [0, 0.1) is 0 Å². The maximum Gasteiger partial charge on any atom is 0.329 e. The van der Waals surface area contributed by atoms with Crippen LogP contribution in [0.25, 0.3) is 0 Å². The number of hydrogen-bond acceptors (Lipinski definition) is 3. The molecule has 1 aromatic carbocycles. The number of carbonyl (C=O) groups is 2. The Bertz CT molecular complexity index is 567. The molecule has 1 spiro atoms. The van der Waals surface area contributed by atoms with Crippen LogP contribution in [0.15, 0.2) is 18.2 Å². The van der Waals surface area contributed by atoms with Crippen molar-refractivity contribution in [3.63, 3.8) is 0 Å². The summed E-state index contributed by atoms with van der Waals surface area (Å²) in [6.45, 7) is 0. The van der Waals surface area contributed by atoms with Gasteiger partial charge >= 0.3 is 6.03 Å². The second-order valence-electron chi connectivity index (χ2n) is 5.07. The number of anilines is 2. The third kappa shape index (κ3) is 1.76. The molecule has 100 valence electrons. The van der Waals surface area contributed by atoms with E-state index in [0.29, 0.717) is 29.2 Å². The maximum absolute atomic E-state index is 12.5. The SMILES string of the molecule is Nc1ccc(N2C(=O)NC3(CCCC3)C2=O)c(Cl)c1. The first-order valence-corrected chi connectivity index (χ1v) is 6.63. The van der Waals surface area contributed by atoms with Crippen LogP contribution in [0.3, 0.4) is 0 Å². The minimum Gasteiger partial charge on any atom is -0.399 e. The second kappa shape index (κ2) is 4.13. The molecule has 1 heterocycles. The van der Waals surface area contributed by atoms with Gasteiger partial charge in [-0.2, -0.15) is 0 Å². The fraction of sp³-hybridized carbons (Fsp3) is 0.385. The van der Waals surface area contributed by atoms with Crippen LogP contribution in [0.1, 0.15) is 25.7 Å². The third-order valence-corrected chi connectivity index (χ3v) is 4.13. The first kappa shape index (κ1) is 12.3. The number of nitrogen functional groups attached to an aromatic ring is 1. The number of benzene rings is 1. The van der Waals surface area contributed by atoms with E-state index >= 15 is 0 Å². The highest BCUT2D eigenvalue weighted by molar-refractivity contribution is 6.36. The number of rotatable bonds is 1. The number of nitrogens with one attached hydrogen (secondary N) is 1. The van der Waals surface area contributed by atoms with Crippen LogP contribution in [0.4, 0.5) is 16.2 Å². The van der Waals surface area contributed by atoms with Gasteiger partial charge in [-0.15, -0.1) is 0 Å². The summed E-state index contributed by atoms with van der Waals surface area (Å²) >= 11 is 6.08. The number of carbonyl (C=O) groups excluding carboxylic acids is 2. The van der Waals surface area contributed by atoms with Crippen molar-refractivity contribution in [3.05, 3.63) is 23.2 Å². The summed E-state index contributed by atoms with van der Waals surface area (Å²) in [5, 5.41) is 3.12. The standard InChI is InChI=1S/C13H14ClN3O2/c14-9-7-8(15)3-4-10(9)17-11(18)13(16-12(17)19)5-1-2-6-13/h3-4,7H,1-2,5-6,15H2,(H,16,19). The predicted molar refractivity (Wildman–Crippen MR) is 73.1 cm³/mol. The van der Waals surface area contributed by atoms with E-state index in [0.717, 1.165) is 17.7 Å². The van der Waals surface area contributed by atoms with Gasteiger partial charge < -0.3 is 11.1 Å². The zero-order valence-electron chi connectivity index (χ0n) is 10.3. The fourth-order valence-corrected chi connectivity index (χ4v) is 3.13. The molecule has 0 aromatic heterocycles. The number of nitrogens with two attached hydrogens (primary N) is 1. The minimum atomic E-state index is -0.720. The molecule has 1 saturated heterocycles. The Hall–Kier alpha value is -1.75. The summed E-state index contributed by atoms with van der Waals surface area (Å²) in [6, 6.07) is 4.36. The van der Waals surface area contributed by atoms with Gasteiger partial charge in [0.2, 0.25) is 0 Å². The molecule has 1 saturated carbocycles. The molecule has 3 N–H and O–H groups in total. The van der Waals surface area contributed by atoms with Gasteiger partial charge in [0.25, 0.3) is 5.91 Å². The fourth-order valence-electron chi connectivity index (χ4n) is 2.86. The first-order chi connectivity index (χ1) is 9.03. The van der Waals surface area contributed by atoms with Crippen LogP contribution in [0.5, 0.6) is 0 Å². The van der Waals surface area contributed by atoms with Crippen molar-refractivity contribution in [2.24, 2.45) is 0 Å². The molecule has 1 aromatic rings. The summed E-state index contributed by atoms with van der Waals surface area (Å²) in [5.74, 6) is -0.207. The van der Waals surface area contributed by atoms with E-state index in [4.69, 9.17) is 17.3 Å². The topological polar surface area (TPSA) is 75.4 Å². The van der Waals surface area contributed by atoms with Gasteiger partial charge in [0.15, 0.2) is 0 Å². The average molecular weight is 280 g/mol. The highest BCUT2D eigenvalue weighted by atomic mass is 35.5. The normalized spacial score (nSPS) is 21.2. The van der Waals surface area contributed by atoms with Crippen molar-refractivity contribution in [2.45, 2.75) is 31.2 Å². The maximum atomic E-state index is 12.5. The van der Waals surface area contributed by atoms with Crippen molar-refractivity contribution in [1.29, 1.82) is 0 Å². The van der Waals surface area contributed by atoms with Crippen molar-refractivity contribution in [1.82, 2.24) is 5.32 Å². The second-order valence-corrected chi connectivity index (χ2v) is 5.48. The Balaban J connectivity index is 2.01. The molecule has 6 heteroatoms. The average Bonchev–Trinajstić information content (AvgIpc) is 2.89. The number of hydrogen-bond donors (Lipinski definition) is 2. The highest BCUT2D eigenvalue weighted by Gasteiger charge is 2.53. The smallest absolute Gasteiger partial charge is 0.329 e. The molecule has 0 radical (unpaired) electrons. The van der Waals surface area contributed by atoms with Crippen LogP contribution in [-0.4, -0.2) is 17.5 Å². The Morgan fingerprint density at radius 3 is 2.58 bits per heavy atom. The Morgan fingerprint density at radius 2 is 1.95 bits per heavy atom. The van der Waals surface area contributed by atoms with E-state index in [9.17, 15) is 9.59 Å². The lowest BCUT2D eigenvalue weighted by Crippen LogP contribution is -2.44. The predicted octanol–water partition coefficient (Wildman–Crippen LogP) is 2.29. The molecule has 19 heavy (non-hydrogen) atoms. The zero-order chi connectivity index (χ0) is 13.6. The van der Waals surface area contributed by atoms with Gasteiger partial charge in [0.05, 0.1) is 10.7 Å². The van der Waals surface area contributed by atoms with E-state index in [-0.39, 0.29) is 5.91 Å². The molecule has 5 nitrogen and oxygen atoms in total. The molecule has 0 bridgehead atoms. The summed E-state index contributed by atoms with van der Waals surface area (Å²) in [7, 11) is 0. The Morgan fingerprint density at radius 1 is 1.26 bits per heavy atom. The van der Waals surface area contributed by atoms with Gasteiger partial charge in [0.1, 0.15) is 5.54 Å². The first-order valence-electron chi connectivity index (χ1n) is 6.25. The van der Waals surface area contributed by atoms with E-state index in [2.05, 4.69) is 5.32 Å². The number of urea groups is 1. The van der Waals surface area contributed by atoms with Gasteiger partial charge in [-0.05, 0) is 31.0 Å². The third-order valence-electron chi connectivity index (χ3n) is 3.83. The number of nitrogens with zero attached hydrogens (tertiary/aromatic N) is 1. The number of amides is 3. The molecule has 3 rings (SSSR count). The molecule has 3 amide bonds. The Kier molecular flexibility index (Phi) is 2.67. The number of halogens is 1. The quantitative estimate of drug-likeness (QED) is 0.612. The van der Waals surface area contributed by atoms with Gasteiger partial charge in [-0.3, -0.25) is 4.79 Å².